The summed E-state index contributed by atoms with van der Waals surface area (Å²) in [6, 6.07) is 8.41. The lowest BCUT2D eigenvalue weighted by Gasteiger charge is -2.30. The second kappa shape index (κ2) is 7.56. The molecule has 0 atom stereocenters. The SMILES string of the molecule is COc1cc(CN(C(C)C)S(=O)(=O)c2ccccn2)cc2c1OC(C)(C)C=C2. The number of ether oxygens (including phenoxy) is 2. The Hall–Kier alpha value is -2.38. The van der Waals surface area contributed by atoms with Gasteiger partial charge in [-0.3, -0.25) is 0 Å². The quantitative estimate of drug-likeness (QED) is 0.734. The van der Waals surface area contributed by atoms with Crippen molar-refractivity contribution >= 4 is 16.1 Å². The number of benzene rings is 1. The van der Waals surface area contributed by atoms with Crippen LogP contribution in [-0.2, 0) is 16.6 Å². The van der Waals surface area contributed by atoms with E-state index in [1.54, 1.807) is 19.2 Å². The van der Waals surface area contributed by atoms with Crippen LogP contribution in [0, 0.1) is 0 Å². The van der Waals surface area contributed by atoms with Gasteiger partial charge < -0.3 is 9.47 Å². The molecule has 6 nitrogen and oxygen atoms in total. The van der Waals surface area contributed by atoms with Gasteiger partial charge in [0, 0.05) is 24.3 Å². The van der Waals surface area contributed by atoms with E-state index >= 15 is 0 Å². The van der Waals surface area contributed by atoms with Gasteiger partial charge in [-0.1, -0.05) is 12.1 Å². The fraction of sp³-hybridized carbons (Fsp3) is 0.381. The molecule has 0 saturated carbocycles. The molecule has 0 saturated heterocycles. The van der Waals surface area contributed by atoms with Crippen LogP contribution in [0.4, 0.5) is 0 Å². The van der Waals surface area contributed by atoms with E-state index in [4.69, 9.17) is 9.47 Å². The topological polar surface area (TPSA) is 68.7 Å². The lowest BCUT2D eigenvalue weighted by molar-refractivity contribution is 0.152. The minimum Gasteiger partial charge on any atom is -0.493 e. The third-order valence-electron chi connectivity index (χ3n) is 4.52. The summed E-state index contributed by atoms with van der Waals surface area (Å²) in [7, 11) is -2.14. The predicted molar refractivity (Wildman–Crippen MR) is 109 cm³/mol. The maximum absolute atomic E-state index is 13.1. The van der Waals surface area contributed by atoms with Crippen molar-refractivity contribution < 1.29 is 17.9 Å². The van der Waals surface area contributed by atoms with Gasteiger partial charge in [0.05, 0.1) is 7.11 Å². The van der Waals surface area contributed by atoms with Crippen molar-refractivity contribution in [2.24, 2.45) is 0 Å². The molecule has 0 unspecified atom stereocenters. The summed E-state index contributed by atoms with van der Waals surface area (Å²) in [5, 5.41) is 0.0404. The number of nitrogens with zero attached hydrogens (tertiary/aromatic N) is 2. The van der Waals surface area contributed by atoms with E-state index in [1.807, 2.05) is 52.0 Å². The van der Waals surface area contributed by atoms with Crippen molar-refractivity contribution in [3.05, 3.63) is 53.7 Å². The first kappa shape index (κ1) is 20.4. The first-order valence-corrected chi connectivity index (χ1v) is 10.6. The minimum atomic E-state index is -3.73. The van der Waals surface area contributed by atoms with Crippen molar-refractivity contribution in [3.63, 3.8) is 0 Å². The van der Waals surface area contributed by atoms with E-state index in [2.05, 4.69) is 4.98 Å². The molecule has 7 heteroatoms. The summed E-state index contributed by atoms with van der Waals surface area (Å²) in [6.07, 6.45) is 5.44. The maximum Gasteiger partial charge on any atom is 0.261 e. The Morgan fingerprint density at radius 2 is 2.00 bits per heavy atom. The van der Waals surface area contributed by atoms with Gasteiger partial charge in [-0.05, 0) is 63.6 Å². The van der Waals surface area contributed by atoms with Gasteiger partial charge >= 0.3 is 0 Å². The first-order valence-electron chi connectivity index (χ1n) is 9.16. The normalized spacial score (nSPS) is 15.4. The van der Waals surface area contributed by atoms with Crippen molar-refractivity contribution in [2.75, 3.05) is 7.11 Å². The highest BCUT2D eigenvalue weighted by Gasteiger charge is 2.30. The Kier molecular flexibility index (Phi) is 5.50. The van der Waals surface area contributed by atoms with E-state index in [9.17, 15) is 8.42 Å². The average Bonchev–Trinajstić information content (AvgIpc) is 2.65. The van der Waals surface area contributed by atoms with Gasteiger partial charge in [0.25, 0.3) is 10.0 Å². The van der Waals surface area contributed by atoms with Crippen LogP contribution in [0.1, 0.15) is 38.8 Å². The molecule has 0 spiro atoms. The second-order valence-corrected chi connectivity index (χ2v) is 9.40. The molecule has 0 fully saturated rings. The summed E-state index contributed by atoms with van der Waals surface area (Å²) in [4.78, 5) is 4.03. The molecule has 1 aromatic heterocycles. The number of fused-ring (bicyclic) bond motifs is 1. The molecule has 0 bridgehead atoms. The molecule has 1 aromatic carbocycles. The van der Waals surface area contributed by atoms with Crippen LogP contribution in [-0.4, -0.2) is 36.5 Å². The summed E-state index contributed by atoms with van der Waals surface area (Å²) >= 11 is 0. The average molecular weight is 403 g/mol. The number of aromatic nitrogens is 1. The summed E-state index contributed by atoms with van der Waals surface area (Å²) in [5.74, 6) is 1.26. The van der Waals surface area contributed by atoms with Gasteiger partial charge in [-0.2, -0.15) is 4.31 Å². The van der Waals surface area contributed by atoms with Crippen molar-refractivity contribution in [1.29, 1.82) is 0 Å². The fourth-order valence-electron chi connectivity index (χ4n) is 3.09. The number of hydrogen-bond donors (Lipinski definition) is 0. The number of hydrogen-bond acceptors (Lipinski definition) is 5. The molecule has 0 aliphatic carbocycles. The molecule has 2 heterocycles. The Morgan fingerprint density at radius 3 is 2.61 bits per heavy atom. The lowest BCUT2D eigenvalue weighted by Crippen LogP contribution is -2.36. The molecule has 0 amide bonds. The van der Waals surface area contributed by atoms with Gasteiger partial charge in [0.1, 0.15) is 5.60 Å². The summed E-state index contributed by atoms with van der Waals surface area (Å²) in [5.41, 5.74) is 1.26. The molecule has 1 aliphatic rings. The molecule has 3 rings (SSSR count). The van der Waals surface area contributed by atoms with Gasteiger partial charge in [-0.25, -0.2) is 13.4 Å². The fourth-order valence-corrected chi connectivity index (χ4v) is 4.65. The van der Waals surface area contributed by atoms with Gasteiger partial charge in [0.2, 0.25) is 0 Å². The third kappa shape index (κ3) is 4.05. The zero-order valence-electron chi connectivity index (χ0n) is 16.8. The smallest absolute Gasteiger partial charge is 0.261 e. The molecule has 1 aliphatic heterocycles. The van der Waals surface area contributed by atoms with Crippen molar-refractivity contribution in [2.45, 2.75) is 50.9 Å². The Morgan fingerprint density at radius 1 is 1.25 bits per heavy atom. The molecular weight excluding hydrogens is 376 g/mol. The van der Waals surface area contributed by atoms with Crippen LogP contribution in [0.2, 0.25) is 0 Å². The standard InChI is InChI=1S/C21H26N2O4S/c1-15(2)23(28(24,25)19-8-6-7-11-22-19)14-16-12-17-9-10-21(3,4)27-20(17)18(13-16)26-5/h6-13,15H,14H2,1-5H3. The second-order valence-electron chi connectivity index (χ2n) is 7.57. The molecule has 28 heavy (non-hydrogen) atoms. The first-order chi connectivity index (χ1) is 13.1. The zero-order chi connectivity index (χ0) is 20.5. The van der Waals surface area contributed by atoms with Crippen LogP contribution in [0.15, 0.2) is 47.6 Å². The van der Waals surface area contributed by atoms with Crippen LogP contribution in [0.3, 0.4) is 0 Å². The van der Waals surface area contributed by atoms with Crippen LogP contribution >= 0.6 is 0 Å². The number of sulfonamides is 1. The highest BCUT2D eigenvalue weighted by molar-refractivity contribution is 7.89. The summed E-state index contributed by atoms with van der Waals surface area (Å²) < 4.78 is 39.2. The Labute approximate surface area is 166 Å². The van der Waals surface area contributed by atoms with E-state index in [0.29, 0.717) is 11.5 Å². The summed E-state index contributed by atoms with van der Waals surface area (Å²) in [6.45, 7) is 7.85. The highest BCUT2D eigenvalue weighted by Crippen LogP contribution is 2.40. The van der Waals surface area contributed by atoms with Crippen LogP contribution in [0.5, 0.6) is 11.5 Å². The maximum atomic E-state index is 13.1. The van der Waals surface area contributed by atoms with Gasteiger partial charge in [0.15, 0.2) is 16.5 Å². The minimum absolute atomic E-state index is 0.0404. The van der Waals surface area contributed by atoms with Crippen molar-refractivity contribution in [1.82, 2.24) is 9.29 Å². The van der Waals surface area contributed by atoms with Crippen molar-refractivity contribution in [3.8, 4) is 11.5 Å². The number of pyridine rings is 1. The predicted octanol–water partition coefficient (Wildman–Crippen LogP) is 3.87. The molecule has 2 aromatic rings. The largest absolute Gasteiger partial charge is 0.493 e. The van der Waals surface area contributed by atoms with E-state index in [1.165, 1.54) is 16.6 Å². The Bertz CT molecular complexity index is 983. The molecular formula is C21H26N2O4S. The monoisotopic (exact) mass is 402 g/mol. The van der Waals surface area contributed by atoms with Crippen LogP contribution < -0.4 is 9.47 Å². The zero-order valence-corrected chi connectivity index (χ0v) is 17.7. The number of methoxy groups -OCH3 is 1. The van der Waals surface area contributed by atoms with E-state index in [0.717, 1.165) is 11.1 Å². The van der Waals surface area contributed by atoms with E-state index < -0.39 is 15.6 Å². The van der Waals surface area contributed by atoms with Gasteiger partial charge in [-0.15, -0.1) is 0 Å². The van der Waals surface area contributed by atoms with E-state index in [-0.39, 0.29) is 17.6 Å². The Balaban J connectivity index is 1.99. The lowest BCUT2D eigenvalue weighted by atomic mass is 10.00. The van der Waals surface area contributed by atoms with Crippen LogP contribution in [0.25, 0.3) is 6.08 Å². The molecule has 0 N–H and O–H groups in total. The molecule has 150 valence electrons. The highest BCUT2D eigenvalue weighted by atomic mass is 32.2. The molecule has 0 radical (unpaired) electrons. The third-order valence-corrected chi connectivity index (χ3v) is 6.46. The number of rotatable bonds is 6.